The number of benzene rings is 2. The molecule has 1 saturated heterocycles. The molecule has 3 heteroatoms. The third-order valence-corrected chi connectivity index (χ3v) is 5.13. The Balaban J connectivity index is 1.72. The summed E-state index contributed by atoms with van der Waals surface area (Å²) in [5.74, 6) is 0.662. The van der Waals surface area contributed by atoms with Crippen LogP contribution in [-0.2, 0) is 4.79 Å². The number of aryl methyl sites for hydroxylation is 1. The molecular formula is C22H28N2O. The van der Waals surface area contributed by atoms with Crippen molar-refractivity contribution in [2.24, 2.45) is 5.92 Å². The molecule has 1 N–H and O–H groups in total. The van der Waals surface area contributed by atoms with Crippen LogP contribution in [0.2, 0.25) is 0 Å². The van der Waals surface area contributed by atoms with Crippen LogP contribution in [0.4, 0.5) is 0 Å². The second-order valence-corrected chi connectivity index (χ2v) is 7.28. The minimum absolute atomic E-state index is 0.0835. The molecule has 2 aromatic carbocycles. The predicted octanol–water partition coefficient (Wildman–Crippen LogP) is 3.93. The largest absolute Gasteiger partial charge is 0.345 e. The maximum Gasteiger partial charge on any atom is 0.221 e. The second kappa shape index (κ2) is 8.30. The number of piperidine rings is 1. The van der Waals surface area contributed by atoms with E-state index in [0.29, 0.717) is 12.3 Å². The van der Waals surface area contributed by atoms with Gasteiger partial charge < -0.3 is 10.2 Å². The van der Waals surface area contributed by atoms with Crippen molar-refractivity contribution in [3.05, 3.63) is 71.3 Å². The number of nitrogens with one attached hydrogen (secondary N) is 1. The lowest BCUT2D eigenvalue weighted by atomic mass is 9.92. The smallest absolute Gasteiger partial charge is 0.221 e. The summed E-state index contributed by atoms with van der Waals surface area (Å²) >= 11 is 0. The number of hydrogen-bond acceptors (Lipinski definition) is 2. The van der Waals surface area contributed by atoms with Gasteiger partial charge in [-0.2, -0.15) is 0 Å². The highest BCUT2D eigenvalue weighted by molar-refractivity contribution is 5.77. The summed E-state index contributed by atoms with van der Waals surface area (Å²) < 4.78 is 0. The minimum atomic E-state index is -0.0835. The summed E-state index contributed by atoms with van der Waals surface area (Å²) in [6.07, 6.45) is 2.86. The molecule has 1 fully saturated rings. The first-order valence-corrected chi connectivity index (χ1v) is 9.21. The zero-order valence-electron chi connectivity index (χ0n) is 15.2. The van der Waals surface area contributed by atoms with Gasteiger partial charge in [-0.05, 0) is 56.9 Å². The molecule has 0 saturated carbocycles. The van der Waals surface area contributed by atoms with E-state index < -0.39 is 0 Å². The summed E-state index contributed by atoms with van der Waals surface area (Å²) in [4.78, 5) is 15.1. The van der Waals surface area contributed by atoms with Gasteiger partial charge in [0.15, 0.2) is 0 Å². The van der Waals surface area contributed by atoms with Crippen molar-refractivity contribution in [2.45, 2.75) is 32.2 Å². The Bertz CT molecular complexity index is 690. The fraction of sp³-hybridized carbons (Fsp3) is 0.409. The van der Waals surface area contributed by atoms with E-state index in [2.05, 4.69) is 60.6 Å². The maximum atomic E-state index is 12.7. The normalized spacial score (nSPS) is 17.2. The molecule has 25 heavy (non-hydrogen) atoms. The molecule has 0 unspecified atom stereocenters. The lowest BCUT2D eigenvalue weighted by Crippen LogP contribution is -2.35. The SMILES string of the molecule is Cc1cccc([C@@H](NC(=O)CC2CCN(C)CC2)c2ccccc2)c1. The van der Waals surface area contributed by atoms with Gasteiger partial charge >= 0.3 is 0 Å². The molecule has 2 aromatic rings. The van der Waals surface area contributed by atoms with Crippen LogP contribution in [0.3, 0.4) is 0 Å². The van der Waals surface area contributed by atoms with E-state index in [4.69, 9.17) is 0 Å². The number of rotatable bonds is 5. The van der Waals surface area contributed by atoms with Crippen LogP contribution >= 0.6 is 0 Å². The Morgan fingerprint density at radius 1 is 1.08 bits per heavy atom. The summed E-state index contributed by atoms with van der Waals surface area (Å²) in [5, 5.41) is 3.28. The standard InChI is InChI=1S/C22H28N2O/c1-17-7-6-10-20(15-17)22(19-8-4-3-5-9-19)23-21(25)16-18-11-13-24(2)14-12-18/h3-10,15,18,22H,11-14,16H2,1-2H3,(H,23,25)/t22-/m0/s1. The topological polar surface area (TPSA) is 32.3 Å². The quantitative estimate of drug-likeness (QED) is 0.897. The Hall–Kier alpha value is -2.13. The minimum Gasteiger partial charge on any atom is -0.345 e. The zero-order valence-corrected chi connectivity index (χ0v) is 15.2. The van der Waals surface area contributed by atoms with Gasteiger partial charge in [-0.1, -0.05) is 60.2 Å². The van der Waals surface area contributed by atoms with Gasteiger partial charge in [0.2, 0.25) is 5.91 Å². The van der Waals surface area contributed by atoms with E-state index in [1.165, 1.54) is 5.56 Å². The first-order chi connectivity index (χ1) is 12.1. The molecule has 0 aromatic heterocycles. The lowest BCUT2D eigenvalue weighted by molar-refractivity contribution is -0.122. The first kappa shape index (κ1) is 17.7. The molecule has 1 heterocycles. The Labute approximate surface area is 151 Å². The average Bonchev–Trinajstić information content (AvgIpc) is 2.62. The van der Waals surface area contributed by atoms with Gasteiger partial charge in [0.1, 0.15) is 0 Å². The highest BCUT2D eigenvalue weighted by atomic mass is 16.1. The molecular weight excluding hydrogens is 308 g/mol. The molecule has 0 bridgehead atoms. The van der Waals surface area contributed by atoms with Crippen LogP contribution in [0.1, 0.15) is 42.0 Å². The van der Waals surface area contributed by atoms with E-state index in [-0.39, 0.29) is 11.9 Å². The molecule has 1 aliphatic heterocycles. The second-order valence-electron chi connectivity index (χ2n) is 7.28. The molecule has 1 atom stereocenters. The Morgan fingerprint density at radius 2 is 1.76 bits per heavy atom. The maximum absolute atomic E-state index is 12.7. The molecule has 3 nitrogen and oxygen atoms in total. The molecule has 3 rings (SSSR count). The van der Waals surface area contributed by atoms with Crippen molar-refractivity contribution in [1.29, 1.82) is 0 Å². The van der Waals surface area contributed by atoms with Crippen molar-refractivity contribution < 1.29 is 4.79 Å². The molecule has 0 spiro atoms. The predicted molar refractivity (Wildman–Crippen MR) is 102 cm³/mol. The van der Waals surface area contributed by atoms with Gasteiger partial charge in [0.05, 0.1) is 6.04 Å². The number of likely N-dealkylation sites (tertiary alicyclic amines) is 1. The Morgan fingerprint density at radius 3 is 2.44 bits per heavy atom. The van der Waals surface area contributed by atoms with Gasteiger partial charge in [-0.3, -0.25) is 4.79 Å². The van der Waals surface area contributed by atoms with Gasteiger partial charge in [0.25, 0.3) is 0 Å². The fourth-order valence-corrected chi connectivity index (χ4v) is 3.60. The van der Waals surface area contributed by atoms with Crippen LogP contribution < -0.4 is 5.32 Å². The monoisotopic (exact) mass is 336 g/mol. The highest BCUT2D eigenvalue weighted by Crippen LogP contribution is 2.24. The number of amides is 1. The van der Waals surface area contributed by atoms with E-state index in [1.54, 1.807) is 0 Å². The third-order valence-electron chi connectivity index (χ3n) is 5.13. The summed E-state index contributed by atoms with van der Waals surface area (Å²) in [7, 11) is 2.15. The molecule has 1 aliphatic rings. The number of hydrogen-bond donors (Lipinski definition) is 1. The van der Waals surface area contributed by atoms with Crippen molar-refractivity contribution in [3.8, 4) is 0 Å². The summed E-state index contributed by atoms with van der Waals surface area (Å²) in [5.41, 5.74) is 3.48. The molecule has 0 radical (unpaired) electrons. The number of carbonyl (C=O) groups is 1. The van der Waals surface area contributed by atoms with Crippen LogP contribution in [0.25, 0.3) is 0 Å². The summed E-state index contributed by atoms with van der Waals surface area (Å²) in [6, 6.07) is 18.6. The average molecular weight is 336 g/mol. The van der Waals surface area contributed by atoms with Crippen LogP contribution in [-0.4, -0.2) is 30.9 Å². The van der Waals surface area contributed by atoms with Crippen LogP contribution in [0.5, 0.6) is 0 Å². The fourth-order valence-electron chi connectivity index (χ4n) is 3.60. The van der Waals surface area contributed by atoms with E-state index in [9.17, 15) is 4.79 Å². The highest BCUT2D eigenvalue weighted by Gasteiger charge is 2.22. The molecule has 0 aliphatic carbocycles. The van der Waals surface area contributed by atoms with Gasteiger partial charge in [0, 0.05) is 6.42 Å². The van der Waals surface area contributed by atoms with E-state index in [1.807, 2.05) is 18.2 Å². The molecule has 132 valence electrons. The summed E-state index contributed by atoms with van der Waals surface area (Å²) in [6.45, 7) is 4.28. The van der Waals surface area contributed by atoms with Crippen molar-refractivity contribution >= 4 is 5.91 Å². The van der Waals surface area contributed by atoms with Crippen LogP contribution in [0.15, 0.2) is 54.6 Å². The van der Waals surface area contributed by atoms with Crippen molar-refractivity contribution in [2.75, 3.05) is 20.1 Å². The van der Waals surface area contributed by atoms with Crippen LogP contribution in [0, 0.1) is 12.8 Å². The van der Waals surface area contributed by atoms with Gasteiger partial charge in [-0.15, -0.1) is 0 Å². The van der Waals surface area contributed by atoms with Crippen molar-refractivity contribution in [1.82, 2.24) is 10.2 Å². The van der Waals surface area contributed by atoms with Crippen molar-refractivity contribution in [3.63, 3.8) is 0 Å². The molecule has 1 amide bonds. The number of carbonyl (C=O) groups excluding carboxylic acids is 1. The van der Waals surface area contributed by atoms with E-state index in [0.717, 1.165) is 37.1 Å². The lowest BCUT2D eigenvalue weighted by Gasteiger charge is -2.29. The van der Waals surface area contributed by atoms with Gasteiger partial charge in [-0.25, -0.2) is 0 Å². The zero-order chi connectivity index (χ0) is 17.6. The Kier molecular flexibility index (Phi) is 5.87. The number of nitrogens with zero attached hydrogens (tertiary/aromatic N) is 1. The van der Waals surface area contributed by atoms with E-state index >= 15 is 0 Å². The first-order valence-electron chi connectivity index (χ1n) is 9.21. The third kappa shape index (κ3) is 4.93.